The molecule has 0 radical (unpaired) electrons. The van der Waals surface area contributed by atoms with E-state index < -0.39 is 6.69 Å². The highest BCUT2D eigenvalue weighted by molar-refractivity contribution is 7.45. The van der Waals surface area contributed by atoms with Crippen molar-refractivity contribution >= 4 is 28.9 Å². The maximum atomic E-state index is 6.53. The lowest BCUT2D eigenvalue weighted by molar-refractivity contribution is 0.623. The highest BCUT2D eigenvalue weighted by Crippen LogP contribution is 2.29. The van der Waals surface area contributed by atoms with E-state index in [1.165, 1.54) is 44.1 Å². The molecule has 3 heteroatoms. The van der Waals surface area contributed by atoms with Gasteiger partial charge >= 0.3 is 0 Å². The summed E-state index contributed by atoms with van der Waals surface area (Å²) in [5.41, 5.74) is 1.35. The van der Waals surface area contributed by atoms with Crippen molar-refractivity contribution in [1.82, 2.24) is 0 Å². The molecule has 108 valence electrons. The van der Waals surface area contributed by atoms with E-state index >= 15 is 0 Å². The first-order valence-corrected chi connectivity index (χ1v) is 12.0. The molecule has 0 bridgehead atoms. The van der Waals surface area contributed by atoms with Gasteiger partial charge in [-0.2, -0.15) is 0 Å². The van der Waals surface area contributed by atoms with Gasteiger partial charge in [-0.1, -0.05) is 75.8 Å². The highest BCUT2D eigenvalue weighted by atomic mass is 35.7. The lowest BCUT2D eigenvalue weighted by Gasteiger charge is -2.16. The molecular weight excluding hydrogens is 291 g/mol. The zero-order valence-corrected chi connectivity index (χ0v) is 14.5. The Bertz CT molecular complexity index is 325. The van der Waals surface area contributed by atoms with Crippen LogP contribution in [-0.2, 0) is 6.42 Å². The number of hydrogen-bond donors (Lipinski definition) is 0. The van der Waals surface area contributed by atoms with Crippen LogP contribution in [-0.4, -0.2) is 6.69 Å². The second-order valence-corrected chi connectivity index (χ2v) is 13.0. The minimum Gasteiger partial charge on any atom is -0.146 e. The number of unbranched alkanes of at least 4 members (excludes halogenated alkanes) is 5. The molecule has 0 nitrogen and oxygen atoms in total. The first kappa shape index (κ1) is 17.1. The van der Waals surface area contributed by atoms with Crippen LogP contribution in [0.2, 0.25) is 12.1 Å². The van der Waals surface area contributed by atoms with Crippen molar-refractivity contribution < 1.29 is 0 Å². The molecule has 0 aliphatic heterocycles. The Kier molecular flexibility index (Phi) is 8.85. The normalized spacial score (nSPS) is 11.7. The van der Waals surface area contributed by atoms with Gasteiger partial charge in [0.05, 0.1) is 0 Å². The summed E-state index contributed by atoms with van der Waals surface area (Å²) >= 11 is 13.1. The van der Waals surface area contributed by atoms with Crippen molar-refractivity contribution in [2.45, 2.75) is 64.0 Å². The maximum absolute atomic E-state index is 6.53. The predicted molar refractivity (Wildman–Crippen MR) is 90.6 cm³/mol. The van der Waals surface area contributed by atoms with Crippen LogP contribution in [0.1, 0.15) is 51.0 Å². The molecule has 0 unspecified atom stereocenters. The lowest BCUT2D eigenvalue weighted by atomic mass is 10.1. The van der Waals surface area contributed by atoms with Crippen molar-refractivity contribution in [3.05, 3.63) is 35.9 Å². The highest BCUT2D eigenvalue weighted by Gasteiger charge is 2.27. The Hall–Kier alpha value is 0.0169. The van der Waals surface area contributed by atoms with Crippen LogP contribution in [0.15, 0.2) is 30.3 Å². The zero-order valence-electron chi connectivity index (χ0n) is 12.0. The van der Waals surface area contributed by atoms with Crippen molar-refractivity contribution in [2.24, 2.45) is 0 Å². The van der Waals surface area contributed by atoms with Crippen LogP contribution < -0.4 is 0 Å². The van der Waals surface area contributed by atoms with E-state index in [0.717, 1.165) is 18.5 Å². The third-order valence-electron chi connectivity index (χ3n) is 3.52. The molecule has 0 N–H and O–H groups in total. The van der Waals surface area contributed by atoms with Gasteiger partial charge in [0.15, 0.2) is 0 Å². The van der Waals surface area contributed by atoms with E-state index in [9.17, 15) is 0 Å². The summed E-state index contributed by atoms with van der Waals surface area (Å²) in [6, 6.07) is 12.5. The summed E-state index contributed by atoms with van der Waals surface area (Å²) in [5, 5.41) is 0. The van der Waals surface area contributed by atoms with E-state index in [1.54, 1.807) is 0 Å². The average molecular weight is 317 g/mol. The fourth-order valence-corrected chi connectivity index (χ4v) is 5.30. The molecule has 0 aliphatic rings. The maximum Gasteiger partial charge on any atom is 0.251 e. The molecule has 1 aromatic carbocycles. The van der Waals surface area contributed by atoms with Crippen LogP contribution in [0.5, 0.6) is 0 Å². The molecule has 0 atom stereocenters. The number of hydrogen-bond acceptors (Lipinski definition) is 0. The first-order valence-electron chi connectivity index (χ1n) is 7.56. The third kappa shape index (κ3) is 8.72. The molecule has 1 aromatic rings. The van der Waals surface area contributed by atoms with Gasteiger partial charge in [-0.05, 0) is 24.1 Å². The number of benzene rings is 1. The van der Waals surface area contributed by atoms with E-state index in [-0.39, 0.29) is 0 Å². The standard InChI is InChI=1S/C16H26Cl2Si/c1-2-3-4-5-6-10-14-19(17,18)15-13-16-11-8-7-9-12-16/h7-9,11-12H,2-6,10,13-15H2,1H3. The lowest BCUT2D eigenvalue weighted by Crippen LogP contribution is -2.19. The average Bonchev–Trinajstić information content (AvgIpc) is 2.42. The van der Waals surface area contributed by atoms with Gasteiger partial charge in [0, 0.05) is 0 Å². The van der Waals surface area contributed by atoms with Crippen LogP contribution in [0.3, 0.4) is 0 Å². The van der Waals surface area contributed by atoms with Crippen LogP contribution >= 0.6 is 22.2 Å². The molecule has 0 saturated heterocycles. The number of rotatable bonds is 10. The molecule has 19 heavy (non-hydrogen) atoms. The fourth-order valence-electron chi connectivity index (χ4n) is 2.26. The fraction of sp³-hybridized carbons (Fsp3) is 0.625. The van der Waals surface area contributed by atoms with E-state index in [4.69, 9.17) is 22.2 Å². The van der Waals surface area contributed by atoms with Gasteiger partial charge in [0.25, 0.3) is 6.69 Å². The van der Waals surface area contributed by atoms with Gasteiger partial charge in [-0.25, -0.2) is 0 Å². The Morgan fingerprint density at radius 1 is 0.842 bits per heavy atom. The van der Waals surface area contributed by atoms with Crippen molar-refractivity contribution in [3.8, 4) is 0 Å². The van der Waals surface area contributed by atoms with Gasteiger partial charge in [-0.3, -0.25) is 0 Å². The summed E-state index contributed by atoms with van der Waals surface area (Å²) in [5.74, 6) is 0. The minimum absolute atomic E-state index is 0.981. The molecule has 1 rings (SSSR count). The second kappa shape index (κ2) is 9.85. The zero-order chi connectivity index (χ0) is 14.0. The summed E-state index contributed by atoms with van der Waals surface area (Å²) in [6.07, 6.45) is 8.89. The molecule has 0 spiro atoms. The van der Waals surface area contributed by atoms with Gasteiger partial charge in [0.1, 0.15) is 0 Å². The van der Waals surface area contributed by atoms with Gasteiger partial charge in [-0.15, -0.1) is 22.2 Å². The van der Waals surface area contributed by atoms with Crippen LogP contribution in [0.25, 0.3) is 0 Å². The molecule has 0 heterocycles. The minimum atomic E-state index is -2.01. The number of halogens is 2. The first-order chi connectivity index (χ1) is 9.14. The summed E-state index contributed by atoms with van der Waals surface area (Å²) < 4.78 is 0. The Morgan fingerprint density at radius 3 is 2.16 bits per heavy atom. The summed E-state index contributed by atoms with van der Waals surface area (Å²) in [6.45, 7) is 0.239. The molecule has 0 fully saturated rings. The topological polar surface area (TPSA) is 0 Å². The Labute approximate surface area is 128 Å². The largest absolute Gasteiger partial charge is 0.251 e. The molecule has 0 aliphatic carbocycles. The van der Waals surface area contributed by atoms with Crippen molar-refractivity contribution in [2.75, 3.05) is 0 Å². The quantitative estimate of drug-likeness (QED) is 0.262. The summed E-state index contributed by atoms with van der Waals surface area (Å²) in [7, 11) is 0. The molecule has 0 aromatic heterocycles. The Balaban J connectivity index is 2.13. The van der Waals surface area contributed by atoms with E-state index in [2.05, 4.69) is 31.2 Å². The molecule has 0 saturated carbocycles. The van der Waals surface area contributed by atoms with E-state index in [1.807, 2.05) is 6.07 Å². The number of aryl methyl sites for hydroxylation is 1. The van der Waals surface area contributed by atoms with Crippen LogP contribution in [0.4, 0.5) is 0 Å². The van der Waals surface area contributed by atoms with Crippen LogP contribution in [0, 0.1) is 0 Å². The van der Waals surface area contributed by atoms with Crippen molar-refractivity contribution in [3.63, 3.8) is 0 Å². The Morgan fingerprint density at radius 2 is 1.47 bits per heavy atom. The van der Waals surface area contributed by atoms with E-state index in [0.29, 0.717) is 0 Å². The SMILES string of the molecule is CCCCCCCC[Si](Cl)(Cl)CCc1ccccc1. The smallest absolute Gasteiger partial charge is 0.146 e. The molecular formula is C16H26Cl2Si. The summed E-state index contributed by atoms with van der Waals surface area (Å²) in [4.78, 5) is 0. The predicted octanol–water partition coefficient (Wildman–Crippen LogP) is 6.51. The molecule has 0 amide bonds. The third-order valence-corrected chi connectivity index (χ3v) is 7.85. The van der Waals surface area contributed by atoms with Gasteiger partial charge in [0.2, 0.25) is 0 Å². The second-order valence-electron chi connectivity index (χ2n) is 5.36. The van der Waals surface area contributed by atoms with Crippen molar-refractivity contribution in [1.29, 1.82) is 0 Å². The van der Waals surface area contributed by atoms with Gasteiger partial charge < -0.3 is 0 Å². The monoisotopic (exact) mass is 316 g/mol.